The molecule has 1 aromatic rings. The molecule has 6 nitrogen and oxygen atoms in total. The predicted molar refractivity (Wildman–Crippen MR) is 61.3 cm³/mol. The lowest BCUT2D eigenvalue weighted by molar-refractivity contribution is -0.117. The zero-order valence-electron chi connectivity index (χ0n) is 9.24. The van der Waals surface area contributed by atoms with Crippen molar-refractivity contribution in [2.45, 2.75) is 25.3 Å². The highest BCUT2D eigenvalue weighted by molar-refractivity contribution is 7.92. The molecular weight excluding hydrogens is 242 g/mol. The minimum Gasteiger partial charge on any atom is -0.298 e. The van der Waals surface area contributed by atoms with Crippen LogP contribution in [0.1, 0.15) is 25.3 Å². The molecule has 0 radical (unpaired) electrons. The van der Waals surface area contributed by atoms with Crippen LogP contribution in [0, 0.1) is 0 Å². The number of carbonyl (C=O) groups excluding carboxylic acids is 1. The van der Waals surface area contributed by atoms with Gasteiger partial charge in [0.15, 0.2) is 5.78 Å². The average molecular weight is 255 g/mol. The van der Waals surface area contributed by atoms with E-state index < -0.39 is 10.0 Å². The lowest BCUT2D eigenvalue weighted by atomic mass is 10.3. The first-order chi connectivity index (χ1) is 8.06. The third-order valence-electron chi connectivity index (χ3n) is 3.09. The van der Waals surface area contributed by atoms with E-state index >= 15 is 0 Å². The van der Waals surface area contributed by atoms with Gasteiger partial charge in [0.05, 0.1) is 30.2 Å². The van der Waals surface area contributed by atoms with Gasteiger partial charge in [-0.25, -0.2) is 8.42 Å². The predicted octanol–water partition coefficient (Wildman–Crippen LogP) is 0.327. The van der Waals surface area contributed by atoms with Crippen molar-refractivity contribution in [3.63, 3.8) is 0 Å². The van der Waals surface area contributed by atoms with Crippen LogP contribution in [-0.2, 0) is 14.8 Å². The second-order valence-corrected chi connectivity index (χ2v) is 6.53. The molecule has 0 atom stereocenters. The van der Waals surface area contributed by atoms with Crippen molar-refractivity contribution in [1.82, 2.24) is 9.78 Å². The molecule has 0 spiro atoms. The molecule has 2 aliphatic rings. The topological polar surface area (TPSA) is 72.3 Å². The van der Waals surface area contributed by atoms with Gasteiger partial charge in [0.1, 0.15) is 0 Å². The minimum atomic E-state index is -3.34. The van der Waals surface area contributed by atoms with Gasteiger partial charge in [-0.1, -0.05) is 0 Å². The van der Waals surface area contributed by atoms with Crippen LogP contribution in [0.25, 0.3) is 0 Å². The maximum absolute atomic E-state index is 11.9. The fourth-order valence-corrected chi connectivity index (χ4v) is 3.40. The fourth-order valence-electron chi connectivity index (χ4n) is 1.94. The van der Waals surface area contributed by atoms with Crippen LogP contribution in [-0.4, -0.2) is 36.3 Å². The molecule has 0 unspecified atom stereocenters. The molecule has 3 rings (SSSR count). The standard InChI is InChI=1S/C10H13N3O3S/c14-10-3-4-17(15,16)13(7-10)9-5-11-12(6-9)8-1-2-8/h5-6,8H,1-4,7H2. The van der Waals surface area contributed by atoms with Crippen LogP contribution >= 0.6 is 0 Å². The van der Waals surface area contributed by atoms with Gasteiger partial charge in [-0.3, -0.25) is 13.8 Å². The molecule has 0 N–H and O–H groups in total. The Balaban J connectivity index is 1.91. The maximum Gasteiger partial charge on any atom is 0.236 e. The number of rotatable bonds is 2. The van der Waals surface area contributed by atoms with Gasteiger partial charge < -0.3 is 0 Å². The van der Waals surface area contributed by atoms with Gasteiger partial charge in [0.2, 0.25) is 10.0 Å². The molecule has 92 valence electrons. The number of Topliss-reactive ketones (excluding diaryl/α,β-unsaturated/α-hetero) is 1. The summed E-state index contributed by atoms with van der Waals surface area (Å²) < 4.78 is 26.7. The highest BCUT2D eigenvalue weighted by Gasteiger charge is 2.32. The SMILES string of the molecule is O=C1CCS(=O)(=O)N(c2cnn(C3CC3)c2)C1. The van der Waals surface area contributed by atoms with Crippen molar-refractivity contribution < 1.29 is 13.2 Å². The average Bonchev–Trinajstić information content (AvgIpc) is 3.01. The first kappa shape index (κ1) is 10.8. The second-order valence-electron chi connectivity index (χ2n) is 4.52. The third-order valence-corrected chi connectivity index (χ3v) is 4.82. The van der Waals surface area contributed by atoms with Gasteiger partial charge in [-0.15, -0.1) is 0 Å². The molecule has 1 aromatic heterocycles. The van der Waals surface area contributed by atoms with E-state index in [-0.39, 0.29) is 24.5 Å². The third kappa shape index (κ3) is 1.95. The molecule has 1 aliphatic carbocycles. The molecule has 17 heavy (non-hydrogen) atoms. The number of ketones is 1. The molecule has 1 aliphatic heterocycles. The Kier molecular flexibility index (Phi) is 2.25. The number of carbonyl (C=O) groups is 1. The summed E-state index contributed by atoms with van der Waals surface area (Å²) in [6.07, 6.45) is 5.54. The van der Waals surface area contributed by atoms with Crippen LogP contribution in [0.15, 0.2) is 12.4 Å². The number of sulfonamides is 1. The number of hydrogen-bond acceptors (Lipinski definition) is 4. The summed E-state index contributed by atoms with van der Waals surface area (Å²) in [4.78, 5) is 11.4. The summed E-state index contributed by atoms with van der Waals surface area (Å²) >= 11 is 0. The van der Waals surface area contributed by atoms with E-state index in [9.17, 15) is 13.2 Å². The minimum absolute atomic E-state index is 0.0426. The maximum atomic E-state index is 11.9. The normalized spacial score (nSPS) is 24.0. The highest BCUT2D eigenvalue weighted by Crippen LogP contribution is 2.35. The monoisotopic (exact) mass is 255 g/mol. The van der Waals surface area contributed by atoms with Gasteiger partial charge in [0, 0.05) is 12.6 Å². The Bertz CT molecular complexity index is 559. The van der Waals surface area contributed by atoms with Crippen molar-refractivity contribution in [3.8, 4) is 0 Å². The summed E-state index contributed by atoms with van der Waals surface area (Å²) in [5.74, 6) is -0.139. The largest absolute Gasteiger partial charge is 0.298 e. The lowest BCUT2D eigenvalue weighted by Gasteiger charge is -2.25. The smallest absolute Gasteiger partial charge is 0.236 e. The van der Waals surface area contributed by atoms with Crippen LogP contribution in [0.5, 0.6) is 0 Å². The highest BCUT2D eigenvalue weighted by atomic mass is 32.2. The van der Waals surface area contributed by atoms with E-state index in [2.05, 4.69) is 5.10 Å². The Morgan fingerprint density at radius 3 is 2.82 bits per heavy atom. The van der Waals surface area contributed by atoms with Crippen molar-refractivity contribution in [3.05, 3.63) is 12.4 Å². The van der Waals surface area contributed by atoms with Crippen LogP contribution in [0.3, 0.4) is 0 Å². The summed E-state index contributed by atoms with van der Waals surface area (Å²) in [6.45, 7) is -0.0569. The molecule has 1 saturated heterocycles. The van der Waals surface area contributed by atoms with Gasteiger partial charge in [-0.2, -0.15) is 5.10 Å². The summed E-state index contributed by atoms with van der Waals surface area (Å²) in [5, 5.41) is 4.14. The van der Waals surface area contributed by atoms with Crippen LogP contribution in [0.4, 0.5) is 5.69 Å². The first-order valence-corrected chi connectivity index (χ1v) is 7.23. The van der Waals surface area contributed by atoms with E-state index in [1.807, 2.05) is 0 Å². The van der Waals surface area contributed by atoms with Gasteiger partial charge >= 0.3 is 0 Å². The van der Waals surface area contributed by atoms with Gasteiger partial charge in [0.25, 0.3) is 0 Å². The van der Waals surface area contributed by atoms with E-state index in [0.717, 1.165) is 12.8 Å². The Morgan fingerprint density at radius 2 is 2.12 bits per heavy atom. The van der Waals surface area contributed by atoms with Crippen molar-refractivity contribution in [2.75, 3.05) is 16.6 Å². The zero-order valence-corrected chi connectivity index (χ0v) is 10.1. The zero-order chi connectivity index (χ0) is 12.0. The van der Waals surface area contributed by atoms with E-state index in [1.165, 1.54) is 10.5 Å². The molecule has 0 amide bonds. The Morgan fingerprint density at radius 1 is 1.35 bits per heavy atom. The first-order valence-electron chi connectivity index (χ1n) is 5.62. The fraction of sp³-hybridized carbons (Fsp3) is 0.600. The quantitative estimate of drug-likeness (QED) is 0.763. The van der Waals surface area contributed by atoms with Crippen molar-refractivity contribution in [1.29, 1.82) is 0 Å². The summed E-state index contributed by atoms with van der Waals surface area (Å²) in [6, 6.07) is 0.409. The summed E-state index contributed by atoms with van der Waals surface area (Å²) in [5.41, 5.74) is 0.505. The molecule has 7 heteroatoms. The van der Waals surface area contributed by atoms with E-state index in [1.54, 1.807) is 10.9 Å². The molecule has 2 fully saturated rings. The lowest BCUT2D eigenvalue weighted by Crippen LogP contribution is -2.42. The molecule has 1 saturated carbocycles. The molecular formula is C10H13N3O3S. The Labute approximate surface area is 99.3 Å². The van der Waals surface area contributed by atoms with E-state index in [0.29, 0.717) is 11.7 Å². The summed E-state index contributed by atoms with van der Waals surface area (Å²) in [7, 11) is -3.34. The van der Waals surface area contributed by atoms with Crippen LogP contribution < -0.4 is 4.31 Å². The number of hydrogen-bond donors (Lipinski definition) is 0. The number of anilines is 1. The van der Waals surface area contributed by atoms with Crippen LogP contribution in [0.2, 0.25) is 0 Å². The molecule has 2 heterocycles. The van der Waals surface area contributed by atoms with Crippen molar-refractivity contribution in [2.24, 2.45) is 0 Å². The molecule has 0 aromatic carbocycles. The van der Waals surface area contributed by atoms with Crippen molar-refractivity contribution >= 4 is 21.5 Å². The molecule has 0 bridgehead atoms. The number of nitrogens with zero attached hydrogens (tertiary/aromatic N) is 3. The van der Waals surface area contributed by atoms with E-state index in [4.69, 9.17) is 0 Å². The Hall–Kier alpha value is -1.37. The number of aromatic nitrogens is 2. The van der Waals surface area contributed by atoms with Gasteiger partial charge in [-0.05, 0) is 12.8 Å². The second kappa shape index (κ2) is 3.56.